The van der Waals surface area contributed by atoms with Crippen molar-refractivity contribution in [1.82, 2.24) is 0 Å². The van der Waals surface area contributed by atoms with Crippen molar-refractivity contribution in [2.75, 3.05) is 5.32 Å². The summed E-state index contributed by atoms with van der Waals surface area (Å²) in [5.74, 6) is -0.489. The van der Waals surface area contributed by atoms with Crippen LogP contribution in [0.4, 0.5) is 18.9 Å². The fourth-order valence-corrected chi connectivity index (χ4v) is 4.27. The van der Waals surface area contributed by atoms with Crippen molar-refractivity contribution in [3.05, 3.63) is 63.6 Å². The van der Waals surface area contributed by atoms with Crippen LogP contribution < -0.4 is 5.32 Å². The van der Waals surface area contributed by atoms with Gasteiger partial charge in [-0.25, -0.2) is 0 Å². The highest BCUT2D eigenvalue weighted by Crippen LogP contribution is 2.41. The van der Waals surface area contributed by atoms with Crippen LogP contribution >= 0.6 is 35.0 Å². The van der Waals surface area contributed by atoms with Gasteiger partial charge in [-0.05, 0) is 44.2 Å². The molecule has 148 valence electrons. The smallest absolute Gasteiger partial charge is 0.324 e. The first-order valence-corrected chi connectivity index (χ1v) is 9.75. The zero-order chi connectivity index (χ0) is 20.7. The molecule has 1 N–H and O–H groups in total. The topological polar surface area (TPSA) is 41.5 Å². The summed E-state index contributed by atoms with van der Waals surface area (Å²) in [5, 5.41) is 3.36. The lowest BCUT2D eigenvalue weighted by molar-refractivity contribution is -0.137. The Bertz CT molecular complexity index is 943. The number of rotatable bonds is 3. The molecule has 1 aliphatic rings. The van der Waals surface area contributed by atoms with Gasteiger partial charge in [0.2, 0.25) is 0 Å². The molecule has 0 radical (unpaired) electrons. The normalized spacial score (nSPS) is 18.7. The molecule has 1 unspecified atom stereocenters. The maximum absolute atomic E-state index is 13.0. The van der Waals surface area contributed by atoms with E-state index >= 15 is 0 Å². The van der Waals surface area contributed by atoms with Gasteiger partial charge in [0, 0.05) is 21.0 Å². The molecule has 1 atom stereocenters. The number of amides is 1. The molecule has 2 aromatic rings. The molecule has 0 saturated heterocycles. The van der Waals surface area contributed by atoms with Crippen molar-refractivity contribution in [2.45, 2.75) is 30.8 Å². The van der Waals surface area contributed by atoms with E-state index in [2.05, 4.69) is 10.3 Å². The van der Waals surface area contributed by atoms with Crippen LogP contribution in [0.1, 0.15) is 25.0 Å². The molecule has 1 amide bonds. The lowest BCUT2D eigenvalue weighted by Gasteiger charge is -2.23. The Labute approximate surface area is 174 Å². The highest BCUT2D eigenvalue weighted by molar-refractivity contribution is 8.15. The Kier molecular flexibility index (Phi) is 5.71. The van der Waals surface area contributed by atoms with Crippen molar-refractivity contribution in [3.63, 3.8) is 0 Å². The van der Waals surface area contributed by atoms with Gasteiger partial charge in [0.1, 0.15) is 6.04 Å². The number of anilines is 1. The summed E-state index contributed by atoms with van der Waals surface area (Å²) >= 11 is 12.9. The lowest BCUT2D eigenvalue weighted by atomic mass is 10.0. The molecule has 0 aromatic heterocycles. The second-order valence-electron chi connectivity index (χ2n) is 6.73. The summed E-state index contributed by atoms with van der Waals surface area (Å²) in [7, 11) is 0. The summed E-state index contributed by atoms with van der Waals surface area (Å²) in [4.78, 5) is 17.2. The van der Waals surface area contributed by atoms with E-state index in [4.69, 9.17) is 23.2 Å². The van der Waals surface area contributed by atoms with Crippen molar-refractivity contribution < 1.29 is 18.0 Å². The average Bonchev–Trinajstić information content (AvgIpc) is 2.91. The molecule has 0 saturated carbocycles. The molecule has 0 aliphatic carbocycles. The predicted octanol–water partition coefficient (Wildman–Crippen LogP) is 6.29. The largest absolute Gasteiger partial charge is 0.417 e. The Morgan fingerprint density at radius 3 is 2.39 bits per heavy atom. The van der Waals surface area contributed by atoms with Gasteiger partial charge in [0.15, 0.2) is 0 Å². The zero-order valence-electron chi connectivity index (χ0n) is 14.8. The zero-order valence-corrected chi connectivity index (χ0v) is 17.1. The molecule has 0 spiro atoms. The van der Waals surface area contributed by atoms with E-state index in [-0.39, 0.29) is 5.69 Å². The van der Waals surface area contributed by atoms with Gasteiger partial charge in [0.05, 0.1) is 15.6 Å². The Morgan fingerprint density at radius 1 is 1.14 bits per heavy atom. The molecule has 3 nitrogen and oxygen atoms in total. The fourth-order valence-electron chi connectivity index (χ4n) is 2.74. The van der Waals surface area contributed by atoms with Crippen LogP contribution in [0.3, 0.4) is 0 Å². The minimum Gasteiger partial charge on any atom is -0.324 e. The van der Waals surface area contributed by atoms with Gasteiger partial charge in [-0.2, -0.15) is 13.2 Å². The number of nitrogens with zero attached hydrogens (tertiary/aromatic N) is 1. The first kappa shape index (κ1) is 21.0. The maximum atomic E-state index is 13.0. The van der Waals surface area contributed by atoms with Crippen molar-refractivity contribution in [2.24, 2.45) is 4.99 Å². The number of hydrogen-bond donors (Lipinski definition) is 1. The summed E-state index contributed by atoms with van der Waals surface area (Å²) < 4.78 is 38.5. The highest BCUT2D eigenvalue weighted by atomic mass is 35.5. The summed E-state index contributed by atoms with van der Waals surface area (Å²) in [6.07, 6.45) is -4.61. The Balaban J connectivity index is 1.84. The SMILES string of the molecule is CC1(C)SC(c2ccc(Cl)cc2)=NC1C(=O)Nc1ccc(Cl)c(C(F)(F)F)c1. The molecule has 0 fully saturated rings. The number of hydrogen-bond acceptors (Lipinski definition) is 3. The van der Waals surface area contributed by atoms with Crippen LogP contribution in [0.25, 0.3) is 0 Å². The molecule has 2 aromatic carbocycles. The number of carbonyl (C=O) groups excluding carboxylic acids is 1. The van der Waals surface area contributed by atoms with Crippen LogP contribution in [-0.2, 0) is 11.0 Å². The number of halogens is 5. The van der Waals surface area contributed by atoms with E-state index < -0.39 is 33.5 Å². The van der Waals surface area contributed by atoms with Crippen molar-refractivity contribution in [3.8, 4) is 0 Å². The first-order valence-electron chi connectivity index (χ1n) is 8.18. The van der Waals surface area contributed by atoms with E-state index in [0.29, 0.717) is 10.1 Å². The number of nitrogens with one attached hydrogen (secondary N) is 1. The number of alkyl halides is 3. The van der Waals surface area contributed by atoms with Gasteiger partial charge in [-0.1, -0.05) is 47.1 Å². The Hall–Kier alpha value is -1.70. The number of aliphatic imine (C=N–C) groups is 1. The molecule has 3 rings (SSSR count). The standard InChI is InChI=1S/C19H15Cl2F3N2OS/c1-18(2)15(26-17(28-18)10-3-5-11(20)6-4-10)16(27)25-12-7-8-14(21)13(9-12)19(22,23)24/h3-9,15H,1-2H3,(H,25,27). The van der Waals surface area contributed by atoms with Gasteiger partial charge in [-0.3, -0.25) is 9.79 Å². The van der Waals surface area contributed by atoms with E-state index in [0.717, 1.165) is 17.7 Å². The Morgan fingerprint density at radius 2 is 1.79 bits per heavy atom. The molecule has 1 heterocycles. The number of carbonyl (C=O) groups is 1. The number of benzene rings is 2. The van der Waals surface area contributed by atoms with E-state index in [9.17, 15) is 18.0 Å². The molecule has 0 bridgehead atoms. The van der Waals surface area contributed by atoms with E-state index in [1.165, 1.54) is 17.8 Å². The number of thioether (sulfide) groups is 1. The first-order chi connectivity index (χ1) is 13.0. The third-order valence-corrected chi connectivity index (χ3v) is 6.01. The summed E-state index contributed by atoms with van der Waals surface area (Å²) in [5.41, 5.74) is -0.168. The summed E-state index contributed by atoms with van der Waals surface area (Å²) in [6.45, 7) is 3.72. The van der Waals surface area contributed by atoms with Gasteiger partial charge >= 0.3 is 6.18 Å². The van der Waals surface area contributed by atoms with Crippen molar-refractivity contribution in [1.29, 1.82) is 0 Å². The minimum absolute atomic E-state index is 0.0117. The van der Waals surface area contributed by atoms with Gasteiger partial charge < -0.3 is 5.32 Å². The molecular weight excluding hydrogens is 432 g/mol. The van der Waals surface area contributed by atoms with Crippen LogP contribution in [0.2, 0.25) is 10.0 Å². The van der Waals surface area contributed by atoms with E-state index in [1.807, 2.05) is 13.8 Å². The van der Waals surface area contributed by atoms with Crippen LogP contribution in [-0.4, -0.2) is 21.7 Å². The predicted molar refractivity (Wildman–Crippen MR) is 109 cm³/mol. The monoisotopic (exact) mass is 446 g/mol. The van der Waals surface area contributed by atoms with Crippen LogP contribution in [0.15, 0.2) is 47.5 Å². The molecular formula is C19H15Cl2F3N2OS. The quantitative estimate of drug-likeness (QED) is 0.601. The van der Waals surface area contributed by atoms with E-state index in [1.54, 1.807) is 24.3 Å². The van der Waals surface area contributed by atoms with Gasteiger partial charge in [-0.15, -0.1) is 0 Å². The maximum Gasteiger partial charge on any atom is 0.417 e. The van der Waals surface area contributed by atoms with Crippen molar-refractivity contribution >= 4 is 51.6 Å². The minimum atomic E-state index is -4.61. The van der Waals surface area contributed by atoms with Gasteiger partial charge in [0.25, 0.3) is 5.91 Å². The molecule has 28 heavy (non-hydrogen) atoms. The third-order valence-electron chi connectivity index (χ3n) is 4.14. The average molecular weight is 447 g/mol. The fraction of sp³-hybridized carbons (Fsp3) is 0.263. The summed E-state index contributed by atoms with van der Waals surface area (Å²) in [6, 6.07) is 9.55. The van der Waals surface area contributed by atoms with Crippen LogP contribution in [0.5, 0.6) is 0 Å². The highest BCUT2D eigenvalue weighted by Gasteiger charge is 2.42. The molecule has 1 aliphatic heterocycles. The second kappa shape index (κ2) is 7.61. The second-order valence-corrected chi connectivity index (χ2v) is 9.22. The molecule has 9 heteroatoms. The third kappa shape index (κ3) is 4.47. The van der Waals surface area contributed by atoms with Crippen LogP contribution in [0, 0.1) is 0 Å². The lowest BCUT2D eigenvalue weighted by Crippen LogP contribution is -2.39.